The molecule has 1 aromatic rings. The van der Waals surface area contributed by atoms with Gasteiger partial charge < -0.3 is 9.84 Å². The number of carbonyl (C=O) groups is 1. The molecule has 0 heterocycles. The zero-order chi connectivity index (χ0) is 15.3. The first-order chi connectivity index (χ1) is 9.94. The van der Waals surface area contributed by atoms with Gasteiger partial charge in [-0.3, -0.25) is 4.79 Å². The van der Waals surface area contributed by atoms with Crippen LogP contribution in [0.25, 0.3) is 0 Å². The fourth-order valence-corrected chi connectivity index (χ4v) is 2.70. The highest BCUT2D eigenvalue weighted by molar-refractivity contribution is 5.74. The summed E-state index contributed by atoms with van der Waals surface area (Å²) >= 11 is 0. The number of rotatable bonds is 6. The van der Waals surface area contributed by atoms with Gasteiger partial charge in [0, 0.05) is 19.4 Å². The number of ether oxygens (including phenoxy) is 1. The van der Waals surface area contributed by atoms with Gasteiger partial charge in [0.1, 0.15) is 0 Å². The van der Waals surface area contributed by atoms with Crippen LogP contribution in [-0.2, 0) is 16.1 Å². The topological polar surface area (TPSA) is 46.5 Å². The Morgan fingerprint density at radius 3 is 2.33 bits per heavy atom. The van der Waals surface area contributed by atoms with Crippen LogP contribution < -0.4 is 0 Å². The fraction of sp³-hybridized carbons (Fsp3) is 0.562. The third kappa shape index (κ3) is 4.24. The SMILES string of the molecule is O=C(O)C1(CCOCc2ccccc2)CCC(F)(F)CC1. The van der Waals surface area contributed by atoms with E-state index in [1.54, 1.807) is 0 Å². The molecule has 1 aromatic carbocycles. The second-order valence-electron chi connectivity index (χ2n) is 5.73. The van der Waals surface area contributed by atoms with E-state index in [1.807, 2.05) is 30.3 Å². The van der Waals surface area contributed by atoms with E-state index < -0.39 is 17.3 Å². The first-order valence-corrected chi connectivity index (χ1v) is 7.17. The van der Waals surface area contributed by atoms with Gasteiger partial charge >= 0.3 is 5.97 Å². The lowest BCUT2D eigenvalue weighted by atomic mass is 9.71. The standard InChI is InChI=1S/C16H20F2O3/c17-16(18)8-6-15(7-9-16,14(19)20)10-11-21-12-13-4-2-1-3-5-13/h1-5H,6-12H2,(H,19,20). The Labute approximate surface area is 122 Å². The van der Waals surface area contributed by atoms with Crippen LogP contribution >= 0.6 is 0 Å². The lowest BCUT2D eigenvalue weighted by molar-refractivity contribution is -0.158. The predicted molar refractivity (Wildman–Crippen MR) is 74.2 cm³/mol. The van der Waals surface area contributed by atoms with Crippen molar-refractivity contribution in [1.82, 2.24) is 0 Å². The van der Waals surface area contributed by atoms with Crippen LogP contribution in [0, 0.1) is 5.41 Å². The third-order valence-corrected chi connectivity index (χ3v) is 4.23. The molecule has 1 saturated carbocycles. The molecule has 0 bridgehead atoms. The monoisotopic (exact) mass is 298 g/mol. The van der Waals surface area contributed by atoms with E-state index in [9.17, 15) is 18.7 Å². The van der Waals surface area contributed by atoms with Gasteiger partial charge in [-0.25, -0.2) is 8.78 Å². The van der Waals surface area contributed by atoms with Gasteiger partial charge in [-0.1, -0.05) is 30.3 Å². The average molecular weight is 298 g/mol. The molecule has 1 N–H and O–H groups in total. The largest absolute Gasteiger partial charge is 0.481 e. The van der Waals surface area contributed by atoms with Crippen molar-refractivity contribution < 1.29 is 23.4 Å². The molecular formula is C16H20F2O3. The van der Waals surface area contributed by atoms with Crippen molar-refractivity contribution in [3.05, 3.63) is 35.9 Å². The minimum atomic E-state index is -2.72. The summed E-state index contributed by atoms with van der Waals surface area (Å²) in [7, 11) is 0. The number of halogens is 2. The van der Waals surface area contributed by atoms with E-state index >= 15 is 0 Å². The van der Waals surface area contributed by atoms with Crippen molar-refractivity contribution in [1.29, 1.82) is 0 Å². The van der Waals surface area contributed by atoms with E-state index in [1.165, 1.54) is 0 Å². The van der Waals surface area contributed by atoms with Gasteiger partial charge in [0.05, 0.1) is 12.0 Å². The van der Waals surface area contributed by atoms with Crippen LogP contribution in [0.5, 0.6) is 0 Å². The molecule has 1 aliphatic rings. The van der Waals surface area contributed by atoms with Crippen molar-refractivity contribution in [2.75, 3.05) is 6.61 Å². The van der Waals surface area contributed by atoms with Crippen molar-refractivity contribution in [2.45, 2.75) is 44.6 Å². The maximum absolute atomic E-state index is 13.2. The highest BCUT2D eigenvalue weighted by Gasteiger charge is 2.47. The number of carboxylic acid groups (broad SMARTS) is 1. The molecule has 0 unspecified atom stereocenters. The Kier molecular flexibility index (Phi) is 4.93. The van der Waals surface area contributed by atoms with Crippen LogP contribution in [0.2, 0.25) is 0 Å². The van der Waals surface area contributed by atoms with E-state index in [0.717, 1.165) is 5.56 Å². The molecule has 0 spiro atoms. The number of aliphatic carboxylic acids is 1. The highest BCUT2D eigenvalue weighted by Crippen LogP contribution is 2.45. The van der Waals surface area contributed by atoms with Gasteiger partial charge in [-0.15, -0.1) is 0 Å². The zero-order valence-electron chi connectivity index (χ0n) is 11.9. The normalized spacial score (nSPS) is 20.1. The van der Waals surface area contributed by atoms with Crippen molar-refractivity contribution in [3.63, 3.8) is 0 Å². The number of carboxylic acids is 1. The summed E-state index contributed by atoms with van der Waals surface area (Å²) in [6.07, 6.45) is -0.380. The lowest BCUT2D eigenvalue weighted by Gasteiger charge is -2.36. The van der Waals surface area contributed by atoms with Crippen molar-refractivity contribution >= 4 is 5.97 Å². The van der Waals surface area contributed by atoms with Gasteiger partial charge in [-0.05, 0) is 24.8 Å². The predicted octanol–water partition coefficient (Wildman–Crippen LogP) is 3.87. The van der Waals surface area contributed by atoms with Crippen LogP contribution in [0.15, 0.2) is 30.3 Å². The molecule has 0 radical (unpaired) electrons. The quantitative estimate of drug-likeness (QED) is 0.811. The van der Waals surface area contributed by atoms with Gasteiger partial charge in [-0.2, -0.15) is 0 Å². The molecule has 0 atom stereocenters. The van der Waals surface area contributed by atoms with E-state index in [0.29, 0.717) is 6.61 Å². The average Bonchev–Trinajstić information content (AvgIpc) is 2.46. The first-order valence-electron chi connectivity index (χ1n) is 7.17. The van der Waals surface area contributed by atoms with Crippen LogP contribution in [-0.4, -0.2) is 23.6 Å². The third-order valence-electron chi connectivity index (χ3n) is 4.23. The summed E-state index contributed by atoms with van der Waals surface area (Å²) in [5.74, 6) is -3.70. The maximum atomic E-state index is 13.2. The number of hydrogen-bond donors (Lipinski definition) is 1. The molecule has 1 aliphatic carbocycles. The van der Waals surface area contributed by atoms with Crippen LogP contribution in [0.1, 0.15) is 37.7 Å². The summed E-state index contributed by atoms with van der Waals surface area (Å²) in [6, 6.07) is 9.56. The molecule has 116 valence electrons. The fourth-order valence-electron chi connectivity index (χ4n) is 2.70. The molecule has 5 heteroatoms. The summed E-state index contributed by atoms with van der Waals surface area (Å²) in [6.45, 7) is 0.680. The second kappa shape index (κ2) is 6.52. The number of benzene rings is 1. The second-order valence-corrected chi connectivity index (χ2v) is 5.73. The molecule has 0 amide bonds. The summed E-state index contributed by atoms with van der Waals surface area (Å²) in [5.41, 5.74) is -0.0460. The zero-order valence-corrected chi connectivity index (χ0v) is 11.9. The summed E-state index contributed by atoms with van der Waals surface area (Å²) in [4.78, 5) is 11.5. The van der Waals surface area contributed by atoms with E-state index in [2.05, 4.69) is 0 Å². The Morgan fingerprint density at radius 2 is 1.76 bits per heavy atom. The molecule has 0 saturated heterocycles. The maximum Gasteiger partial charge on any atom is 0.309 e. The number of alkyl halides is 2. The Balaban J connectivity index is 1.83. The Bertz CT molecular complexity index is 464. The van der Waals surface area contributed by atoms with Crippen molar-refractivity contribution in [2.24, 2.45) is 5.41 Å². The van der Waals surface area contributed by atoms with Gasteiger partial charge in [0.15, 0.2) is 0 Å². The van der Waals surface area contributed by atoms with Gasteiger partial charge in [0.25, 0.3) is 0 Å². The minimum absolute atomic E-state index is 0.0179. The molecule has 3 nitrogen and oxygen atoms in total. The molecule has 0 aromatic heterocycles. The summed E-state index contributed by atoms with van der Waals surface area (Å²) in [5, 5.41) is 9.37. The molecule has 1 fully saturated rings. The molecule has 2 rings (SSSR count). The summed E-state index contributed by atoms with van der Waals surface area (Å²) < 4.78 is 31.9. The van der Waals surface area contributed by atoms with Gasteiger partial charge in [0.2, 0.25) is 5.92 Å². The molecule has 21 heavy (non-hydrogen) atoms. The van der Waals surface area contributed by atoms with E-state index in [4.69, 9.17) is 4.74 Å². The molecular weight excluding hydrogens is 278 g/mol. The number of hydrogen-bond acceptors (Lipinski definition) is 2. The van der Waals surface area contributed by atoms with Crippen LogP contribution in [0.4, 0.5) is 8.78 Å². The minimum Gasteiger partial charge on any atom is -0.481 e. The van der Waals surface area contributed by atoms with Crippen LogP contribution in [0.3, 0.4) is 0 Å². The lowest BCUT2D eigenvalue weighted by Crippen LogP contribution is -2.40. The Hall–Kier alpha value is -1.49. The molecule has 0 aliphatic heterocycles. The Morgan fingerprint density at radius 1 is 1.14 bits per heavy atom. The first kappa shape index (κ1) is 15.9. The van der Waals surface area contributed by atoms with E-state index in [-0.39, 0.29) is 38.7 Å². The highest BCUT2D eigenvalue weighted by atomic mass is 19.3. The smallest absolute Gasteiger partial charge is 0.309 e. The van der Waals surface area contributed by atoms with Crippen molar-refractivity contribution in [3.8, 4) is 0 Å².